The Bertz CT molecular complexity index is 2100. The van der Waals surface area contributed by atoms with Crippen LogP contribution >= 0.6 is 27.7 Å². The van der Waals surface area contributed by atoms with Crippen molar-refractivity contribution in [3.63, 3.8) is 0 Å². The second kappa shape index (κ2) is 24.4. The molecule has 0 aliphatic carbocycles. The molecule has 0 radical (unpaired) electrons. The number of benzene rings is 4. The van der Waals surface area contributed by atoms with Crippen LogP contribution in [0.4, 0.5) is 26.3 Å². The molecule has 2 amide bonds. The van der Waals surface area contributed by atoms with Crippen LogP contribution in [0.15, 0.2) is 84.9 Å². The molecular formula is C44H47BrF6N2O8S. The molecule has 0 fully saturated rings. The number of alkyl halides is 7. The molecule has 0 aromatic heterocycles. The van der Waals surface area contributed by atoms with Crippen molar-refractivity contribution in [1.82, 2.24) is 10.6 Å². The van der Waals surface area contributed by atoms with Crippen molar-refractivity contribution in [2.75, 3.05) is 33.2 Å². The van der Waals surface area contributed by atoms with E-state index in [-0.39, 0.29) is 36.8 Å². The normalized spacial score (nSPS) is 12.2. The SMILES string of the molecule is CCOC(=O)C(Br)Cc1ccc(OC)c(C(=O)NCc2ccc(C(F)(F)F)cc2)c1.CCOC(=O)C(Cc1ccc(OC)c(C(=O)NCc2ccc(C(F)(F)F)cc2)c1)SCC. The number of halogens is 7. The van der Waals surface area contributed by atoms with Crippen molar-refractivity contribution in [2.24, 2.45) is 0 Å². The summed E-state index contributed by atoms with van der Waals surface area (Å²) in [6, 6.07) is 19.2. The quantitative estimate of drug-likeness (QED) is 0.0570. The Labute approximate surface area is 368 Å². The summed E-state index contributed by atoms with van der Waals surface area (Å²) in [7, 11) is 2.86. The molecule has 4 aromatic rings. The maximum absolute atomic E-state index is 12.8. The van der Waals surface area contributed by atoms with Crippen molar-refractivity contribution in [1.29, 1.82) is 0 Å². The van der Waals surface area contributed by atoms with Gasteiger partial charge >= 0.3 is 24.3 Å². The van der Waals surface area contributed by atoms with Gasteiger partial charge in [0.15, 0.2) is 0 Å². The molecule has 2 N–H and O–H groups in total. The fourth-order valence-corrected chi connectivity index (χ4v) is 7.10. The zero-order valence-electron chi connectivity index (χ0n) is 34.5. The van der Waals surface area contributed by atoms with E-state index in [1.807, 2.05) is 6.92 Å². The fourth-order valence-electron chi connectivity index (χ4n) is 5.68. The Hall–Kier alpha value is -5.23. The van der Waals surface area contributed by atoms with Gasteiger partial charge in [-0.2, -0.15) is 26.3 Å². The average molecular weight is 958 g/mol. The van der Waals surface area contributed by atoms with E-state index >= 15 is 0 Å². The molecule has 336 valence electrons. The second-order valence-corrected chi connectivity index (χ2v) is 15.7. The van der Waals surface area contributed by atoms with Crippen LogP contribution in [-0.4, -0.2) is 67.0 Å². The first-order valence-corrected chi connectivity index (χ1v) is 21.1. The highest BCUT2D eigenvalue weighted by Crippen LogP contribution is 2.31. The molecule has 0 saturated carbocycles. The lowest BCUT2D eigenvalue weighted by molar-refractivity contribution is -0.143. The molecular weight excluding hydrogens is 910 g/mol. The van der Waals surface area contributed by atoms with Gasteiger partial charge in [-0.15, -0.1) is 11.8 Å². The number of hydrogen-bond acceptors (Lipinski definition) is 9. The molecule has 2 atom stereocenters. The van der Waals surface area contributed by atoms with Crippen LogP contribution in [-0.2, 0) is 57.3 Å². The fraction of sp³-hybridized carbons (Fsp3) is 0.364. The number of amides is 2. The summed E-state index contributed by atoms with van der Waals surface area (Å²) >= 11 is 4.74. The Morgan fingerprint density at radius 1 is 0.597 bits per heavy atom. The molecule has 0 saturated heterocycles. The number of esters is 2. The summed E-state index contributed by atoms with van der Waals surface area (Å²) < 4.78 is 96.6. The van der Waals surface area contributed by atoms with Crippen LogP contribution in [0.25, 0.3) is 0 Å². The van der Waals surface area contributed by atoms with Crippen LogP contribution in [0.1, 0.15) is 74.9 Å². The van der Waals surface area contributed by atoms with Crippen LogP contribution in [0.2, 0.25) is 0 Å². The molecule has 0 spiro atoms. The first-order valence-electron chi connectivity index (χ1n) is 19.2. The maximum atomic E-state index is 12.8. The lowest BCUT2D eigenvalue weighted by Crippen LogP contribution is -2.25. The molecule has 0 aliphatic rings. The van der Waals surface area contributed by atoms with Gasteiger partial charge in [-0.1, -0.05) is 59.3 Å². The monoisotopic (exact) mass is 956 g/mol. The third-order valence-corrected chi connectivity index (χ3v) is 10.6. The summed E-state index contributed by atoms with van der Waals surface area (Å²) in [5.41, 5.74) is 1.57. The van der Waals surface area contributed by atoms with Gasteiger partial charge in [0.1, 0.15) is 21.6 Å². The summed E-state index contributed by atoms with van der Waals surface area (Å²) in [6.07, 6.45) is -8.12. The lowest BCUT2D eigenvalue weighted by Gasteiger charge is -2.16. The smallest absolute Gasteiger partial charge is 0.416 e. The number of rotatable bonds is 18. The minimum absolute atomic E-state index is 0.0498. The number of hydrogen-bond donors (Lipinski definition) is 2. The minimum Gasteiger partial charge on any atom is -0.496 e. The van der Waals surface area contributed by atoms with Gasteiger partial charge in [0.25, 0.3) is 11.8 Å². The van der Waals surface area contributed by atoms with Gasteiger partial charge in [0.2, 0.25) is 0 Å². The number of thioether (sulfide) groups is 1. The minimum atomic E-state index is -4.41. The van der Waals surface area contributed by atoms with E-state index in [2.05, 4.69) is 26.6 Å². The van der Waals surface area contributed by atoms with Gasteiger partial charge in [-0.25, -0.2) is 0 Å². The third kappa shape index (κ3) is 15.9. The van der Waals surface area contributed by atoms with Crippen molar-refractivity contribution < 1.29 is 64.5 Å². The molecule has 0 bridgehead atoms. The highest BCUT2D eigenvalue weighted by atomic mass is 79.9. The van der Waals surface area contributed by atoms with E-state index in [9.17, 15) is 45.5 Å². The van der Waals surface area contributed by atoms with Gasteiger partial charge in [-0.3, -0.25) is 19.2 Å². The summed E-state index contributed by atoms with van der Waals surface area (Å²) in [6.45, 7) is 6.07. The van der Waals surface area contributed by atoms with E-state index < -0.39 is 51.3 Å². The molecule has 0 aliphatic heterocycles. The zero-order chi connectivity index (χ0) is 46.0. The van der Waals surface area contributed by atoms with Crippen LogP contribution in [0, 0.1) is 0 Å². The summed E-state index contributed by atoms with van der Waals surface area (Å²) in [5, 5.41) is 4.98. The van der Waals surface area contributed by atoms with Crippen LogP contribution < -0.4 is 20.1 Å². The molecule has 62 heavy (non-hydrogen) atoms. The van der Waals surface area contributed by atoms with Gasteiger partial charge in [-0.05, 0) is 103 Å². The highest BCUT2D eigenvalue weighted by molar-refractivity contribution is 9.10. The van der Waals surface area contributed by atoms with Crippen molar-refractivity contribution in [3.8, 4) is 11.5 Å². The Morgan fingerprint density at radius 3 is 1.35 bits per heavy atom. The Kier molecular flexibility index (Phi) is 20.1. The molecule has 4 rings (SSSR count). The number of methoxy groups -OCH3 is 2. The van der Waals surface area contributed by atoms with E-state index in [1.54, 1.807) is 50.2 Å². The second-order valence-electron chi connectivity index (χ2n) is 13.1. The van der Waals surface area contributed by atoms with Crippen molar-refractivity contribution >= 4 is 51.4 Å². The predicted octanol–water partition coefficient (Wildman–Crippen LogP) is 9.38. The molecule has 2 unspecified atom stereocenters. The number of nitrogens with one attached hydrogen (secondary N) is 2. The Morgan fingerprint density at radius 2 is 0.984 bits per heavy atom. The van der Waals surface area contributed by atoms with Gasteiger partial charge in [0.05, 0.1) is 49.7 Å². The molecule has 18 heteroatoms. The number of carbonyl (C=O) groups is 4. The average Bonchev–Trinajstić information content (AvgIpc) is 3.24. The first-order chi connectivity index (χ1) is 29.3. The summed E-state index contributed by atoms with van der Waals surface area (Å²) in [5.74, 6) is -0.152. The van der Waals surface area contributed by atoms with E-state index in [4.69, 9.17) is 18.9 Å². The largest absolute Gasteiger partial charge is 0.496 e. The number of carbonyl (C=O) groups excluding carboxylic acids is 4. The zero-order valence-corrected chi connectivity index (χ0v) is 36.9. The summed E-state index contributed by atoms with van der Waals surface area (Å²) in [4.78, 5) is 48.8. The first kappa shape index (κ1) is 51.1. The maximum Gasteiger partial charge on any atom is 0.416 e. The lowest BCUT2D eigenvalue weighted by atomic mass is 10.0. The number of ether oxygens (including phenoxy) is 4. The van der Waals surface area contributed by atoms with E-state index in [0.29, 0.717) is 47.6 Å². The van der Waals surface area contributed by atoms with E-state index in [0.717, 1.165) is 35.6 Å². The van der Waals surface area contributed by atoms with Crippen molar-refractivity contribution in [2.45, 2.75) is 69.1 Å². The van der Waals surface area contributed by atoms with Crippen LogP contribution in [0.3, 0.4) is 0 Å². The Balaban J connectivity index is 0.000000331. The van der Waals surface area contributed by atoms with Crippen LogP contribution in [0.5, 0.6) is 11.5 Å². The van der Waals surface area contributed by atoms with Gasteiger partial charge < -0.3 is 29.6 Å². The molecule has 10 nitrogen and oxygen atoms in total. The predicted molar refractivity (Wildman–Crippen MR) is 227 cm³/mol. The highest BCUT2D eigenvalue weighted by Gasteiger charge is 2.31. The molecule has 0 heterocycles. The van der Waals surface area contributed by atoms with Gasteiger partial charge in [0, 0.05) is 13.1 Å². The van der Waals surface area contributed by atoms with E-state index in [1.165, 1.54) is 50.2 Å². The topological polar surface area (TPSA) is 129 Å². The standard InChI is InChI=1S/C23H26F3NO4S.C21H21BrF3NO4/c1-4-31-22(29)20(32-5-2)13-16-8-11-19(30-3)18(12-16)21(28)27-14-15-6-9-17(10-7-15)23(24,25)26;1-3-30-20(28)17(22)11-14-6-9-18(29-2)16(10-14)19(27)26-12-13-4-7-15(8-5-13)21(23,24)25/h6-12,20H,4-5,13-14H2,1-3H3,(H,27,28);4-10,17H,3,11-12H2,1-2H3,(H,26,27). The third-order valence-electron chi connectivity index (χ3n) is 8.78. The van der Waals surface area contributed by atoms with Crippen molar-refractivity contribution in [3.05, 3.63) is 129 Å². The molecule has 4 aromatic carbocycles.